The number of anilines is 1. The molecule has 0 aliphatic rings. The van der Waals surface area contributed by atoms with Gasteiger partial charge in [-0.1, -0.05) is 30.3 Å². The van der Waals surface area contributed by atoms with E-state index in [9.17, 15) is 14.9 Å². The smallest absolute Gasteiger partial charge is 0.269 e. The molecule has 0 saturated carbocycles. The summed E-state index contributed by atoms with van der Waals surface area (Å²) in [5, 5.41) is 13.4. The lowest BCUT2D eigenvalue weighted by atomic mass is 10.1. The third-order valence-electron chi connectivity index (χ3n) is 2.63. The number of ketones is 1. The zero-order valence-corrected chi connectivity index (χ0v) is 10.1. The van der Waals surface area contributed by atoms with Crippen LogP contribution in [0.2, 0.25) is 0 Å². The Balaban J connectivity index is 1.95. The number of nitro groups is 1. The van der Waals surface area contributed by atoms with Gasteiger partial charge in [0.05, 0.1) is 11.5 Å². The molecule has 0 unspecified atom stereocenters. The molecule has 5 heteroatoms. The Labute approximate surface area is 110 Å². The zero-order chi connectivity index (χ0) is 13.7. The minimum atomic E-state index is -0.459. The van der Waals surface area contributed by atoms with E-state index in [1.807, 2.05) is 6.07 Å². The van der Waals surface area contributed by atoms with Crippen molar-refractivity contribution in [3.05, 3.63) is 70.3 Å². The predicted molar refractivity (Wildman–Crippen MR) is 72.4 cm³/mol. The summed E-state index contributed by atoms with van der Waals surface area (Å²) in [4.78, 5) is 21.9. The highest BCUT2D eigenvalue weighted by atomic mass is 16.6. The first kappa shape index (κ1) is 12.8. The molecule has 0 aliphatic heterocycles. The Bertz CT molecular complexity index is 579. The Kier molecular flexibility index (Phi) is 3.87. The first-order valence-electron chi connectivity index (χ1n) is 5.73. The molecule has 0 bridgehead atoms. The van der Waals surface area contributed by atoms with Gasteiger partial charge in [0.25, 0.3) is 5.69 Å². The molecule has 2 rings (SSSR count). The second-order valence-electron chi connectivity index (χ2n) is 3.95. The molecule has 2 aromatic carbocycles. The van der Waals surface area contributed by atoms with Gasteiger partial charge in [0, 0.05) is 23.4 Å². The van der Waals surface area contributed by atoms with Crippen molar-refractivity contribution in [1.82, 2.24) is 0 Å². The highest BCUT2D eigenvalue weighted by Gasteiger charge is 2.06. The van der Waals surface area contributed by atoms with Gasteiger partial charge in [-0.15, -0.1) is 0 Å². The number of nitro benzene ring substituents is 1. The maximum atomic E-state index is 11.8. The highest BCUT2D eigenvalue weighted by molar-refractivity contribution is 5.98. The minimum Gasteiger partial charge on any atom is -0.378 e. The van der Waals surface area contributed by atoms with Gasteiger partial charge in [0.15, 0.2) is 5.78 Å². The van der Waals surface area contributed by atoms with Crippen LogP contribution in [0.5, 0.6) is 0 Å². The lowest BCUT2D eigenvalue weighted by Crippen LogP contribution is -2.13. The van der Waals surface area contributed by atoms with E-state index in [-0.39, 0.29) is 18.0 Å². The lowest BCUT2D eigenvalue weighted by molar-refractivity contribution is -0.384. The van der Waals surface area contributed by atoms with E-state index in [1.165, 1.54) is 12.1 Å². The van der Waals surface area contributed by atoms with Crippen LogP contribution in [0.4, 0.5) is 11.4 Å². The van der Waals surface area contributed by atoms with E-state index in [0.717, 1.165) is 0 Å². The molecular weight excluding hydrogens is 244 g/mol. The fourth-order valence-corrected chi connectivity index (χ4v) is 1.61. The molecule has 0 aliphatic carbocycles. The molecule has 0 atom stereocenters. The third kappa shape index (κ3) is 3.38. The Hall–Kier alpha value is -2.69. The van der Waals surface area contributed by atoms with Crippen LogP contribution in [-0.4, -0.2) is 17.3 Å². The van der Waals surface area contributed by atoms with Crippen LogP contribution in [0.15, 0.2) is 54.6 Å². The molecule has 1 N–H and O–H groups in total. The first-order chi connectivity index (χ1) is 9.16. The van der Waals surface area contributed by atoms with Crippen molar-refractivity contribution in [2.45, 2.75) is 0 Å². The molecule has 0 heterocycles. The normalized spacial score (nSPS) is 9.89. The van der Waals surface area contributed by atoms with Gasteiger partial charge >= 0.3 is 0 Å². The van der Waals surface area contributed by atoms with Crippen LogP contribution in [0.25, 0.3) is 0 Å². The maximum Gasteiger partial charge on any atom is 0.269 e. The minimum absolute atomic E-state index is 0.0277. The fourth-order valence-electron chi connectivity index (χ4n) is 1.61. The van der Waals surface area contributed by atoms with Gasteiger partial charge < -0.3 is 5.32 Å². The number of non-ortho nitro benzene ring substituents is 1. The summed E-state index contributed by atoms with van der Waals surface area (Å²) in [7, 11) is 0. The van der Waals surface area contributed by atoms with Crippen molar-refractivity contribution in [1.29, 1.82) is 0 Å². The highest BCUT2D eigenvalue weighted by Crippen LogP contribution is 2.15. The fraction of sp³-hybridized carbons (Fsp3) is 0.0714. The van der Waals surface area contributed by atoms with Crippen LogP contribution >= 0.6 is 0 Å². The molecule has 5 nitrogen and oxygen atoms in total. The second kappa shape index (κ2) is 5.77. The lowest BCUT2D eigenvalue weighted by Gasteiger charge is -2.05. The molecule has 0 spiro atoms. The standard InChI is InChI=1S/C14H12N2O3/c17-14(11-4-2-1-3-5-11)10-15-12-6-8-13(9-7-12)16(18)19/h1-9,15H,10H2. The van der Waals surface area contributed by atoms with Gasteiger partial charge in [-0.3, -0.25) is 14.9 Å². The number of nitrogens with one attached hydrogen (secondary N) is 1. The predicted octanol–water partition coefficient (Wildman–Crippen LogP) is 2.89. The molecule has 0 radical (unpaired) electrons. The van der Waals surface area contributed by atoms with Crippen LogP contribution in [0.3, 0.4) is 0 Å². The average Bonchev–Trinajstić information content (AvgIpc) is 2.46. The van der Waals surface area contributed by atoms with Crippen LogP contribution < -0.4 is 5.32 Å². The van der Waals surface area contributed by atoms with Gasteiger partial charge in [-0.05, 0) is 12.1 Å². The van der Waals surface area contributed by atoms with Gasteiger partial charge in [-0.25, -0.2) is 0 Å². The summed E-state index contributed by atoms with van der Waals surface area (Å²) < 4.78 is 0. The SMILES string of the molecule is O=C(CNc1ccc([N+](=O)[O-])cc1)c1ccccc1. The summed E-state index contributed by atoms with van der Waals surface area (Å²) in [5.74, 6) is -0.0287. The first-order valence-corrected chi connectivity index (χ1v) is 5.73. The zero-order valence-electron chi connectivity index (χ0n) is 10.1. The number of hydrogen-bond acceptors (Lipinski definition) is 4. The summed E-state index contributed by atoms with van der Waals surface area (Å²) in [6, 6.07) is 14.9. The van der Waals surface area contributed by atoms with Crippen molar-refractivity contribution in [3.63, 3.8) is 0 Å². The monoisotopic (exact) mass is 256 g/mol. The Morgan fingerprint density at radius 1 is 1.05 bits per heavy atom. The number of hydrogen-bond donors (Lipinski definition) is 1. The van der Waals surface area contributed by atoms with Crippen molar-refractivity contribution in [2.75, 3.05) is 11.9 Å². The quantitative estimate of drug-likeness (QED) is 0.507. The molecule has 0 saturated heterocycles. The summed E-state index contributed by atoms with van der Waals surface area (Å²) in [6.45, 7) is 0.155. The molecule has 96 valence electrons. The number of nitrogens with zero attached hydrogens (tertiary/aromatic N) is 1. The number of carbonyl (C=O) groups excluding carboxylic acids is 1. The largest absolute Gasteiger partial charge is 0.378 e. The molecule has 19 heavy (non-hydrogen) atoms. The number of benzene rings is 2. The van der Waals surface area contributed by atoms with E-state index in [2.05, 4.69) is 5.32 Å². The van der Waals surface area contributed by atoms with Crippen molar-refractivity contribution >= 4 is 17.2 Å². The van der Waals surface area contributed by atoms with Gasteiger partial charge in [0.1, 0.15) is 0 Å². The van der Waals surface area contributed by atoms with Crippen molar-refractivity contribution in [2.24, 2.45) is 0 Å². The second-order valence-corrected chi connectivity index (χ2v) is 3.95. The molecule has 0 amide bonds. The molecule has 0 fully saturated rings. The van der Waals surface area contributed by atoms with Crippen LogP contribution in [0.1, 0.15) is 10.4 Å². The van der Waals surface area contributed by atoms with E-state index in [4.69, 9.17) is 0 Å². The third-order valence-corrected chi connectivity index (χ3v) is 2.63. The molecule has 2 aromatic rings. The number of rotatable bonds is 5. The van der Waals surface area contributed by atoms with Gasteiger partial charge in [-0.2, -0.15) is 0 Å². The Morgan fingerprint density at radius 2 is 1.68 bits per heavy atom. The van der Waals surface area contributed by atoms with Crippen molar-refractivity contribution < 1.29 is 9.72 Å². The summed E-state index contributed by atoms with van der Waals surface area (Å²) in [6.07, 6.45) is 0. The molecule has 0 aromatic heterocycles. The van der Waals surface area contributed by atoms with E-state index >= 15 is 0 Å². The van der Waals surface area contributed by atoms with E-state index in [0.29, 0.717) is 11.3 Å². The average molecular weight is 256 g/mol. The topological polar surface area (TPSA) is 72.2 Å². The maximum absolute atomic E-state index is 11.8. The van der Waals surface area contributed by atoms with E-state index < -0.39 is 4.92 Å². The van der Waals surface area contributed by atoms with E-state index in [1.54, 1.807) is 36.4 Å². The summed E-state index contributed by atoms with van der Waals surface area (Å²) in [5.41, 5.74) is 1.34. The van der Waals surface area contributed by atoms with Crippen LogP contribution in [-0.2, 0) is 0 Å². The molecular formula is C14H12N2O3. The summed E-state index contributed by atoms with van der Waals surface area (Å²) >= 11 is 0. The van der Waals surface area contributed by atoms with Gasteiger partial charge in [0.2, 0.25) is 0 Å². The number of Topliss-reactive ketones (excluding diaryl/α,β-unsaturated/α-hetero) is 1. The van der Waals surface area contributed by atoms with Crippen LogP contribution in [0, 0.1) is 10.1 Å². The van der Waals surface area contributed by atoms with Crippen molar-refractivity contribution in [3.8, 4) is 0 Å². The number of carbonyl (C=O) groups is 1. The Morgan fingerprint density at radius 3 is 2.26 bits per heavy atom.